The minimum atomic E-state index is 1.10. The molecule has 2 rings (SSSR count). The summed E-state index contributed by atoms with van der Waals surface area (Å²) in [5.74, 6) is 0. The van der Waals surface area contributed by atoms with Crippen molar-refractivity contribution in [2.45, 2.75) is 0 Å². The molecule has 0 N–H and O–H groups in total. The lowest BCUT2D eigenvalue weighted by Crippen LogP contribution is -1.71. The first-order chi connectivity index (χ1) is 8.74. The van der Waals surface area contributed by atoms with E-state index >= 15 is 0 Å². The molecular weight excluding hydrogens is 352 g/mol. The van der Waals surface area contributed by atoms with Crippen LogP contribution in [0.1, 0.15) is 11.1 Å². The first-order valence-corrected chi connectivity index (χ1v) is 7.18. The molecule has 90 valence electrons. The lowest BCUT2D eigenvalue weighted by molar-refractivity contribution is 1.61. The Hall–Kier alpha value is -1.12. The van der Waals surface area contributed by atoms with Gasteiger partial charge in [-0.15, -0.1) is 0 Å². The third-order valence-electron chi connectivity index (χ3n) is 2.43. The zero-order chi connectivity index (χ0) is 12.8. The van der Waals surface area contributed by atoms with Crippen molar-refractivity contribution >= 4 is 44.0 Å². The maximum absolute atomic E-state index is 3.42. The average molecular weight is 364 g/mol. The topological polar surface area (TPSA) is 0 Å². The number of rotatable bonds is 3. The van der Waals surface area contributed by atoms with Crippen LogP contribution in [0, 0.1) is 0 Å². The van der Waals surface area contributed by atoms with Crippen LogP contribution in [0.15, 0.2) is 69.6 Å². The van der Waals surface area contributed by atoms with Gasteiger partial charge in [-0.2, -0.15) is 0 Å². The Kier molecular flexibility index (Phi) is 4.97. The molecule has 0 amide bonds. The van der Waals surface area contributed by atoms with Gasteiger partial charge in [0.05, 0.1) is 0 Å². The van der Waals surface area contributed by atoms with Crippen molar-refractivity contribution in [2.24, 2.45) is 0 Å². The van der Waals surface area contributed by atoms with Gasteiger partial charge in [0, 0.05) is 8.95 Å². The molecule has 0 aromatic heterocycles. The molecule has 0 heterocycles. The van der Waals surface area contributed by atoms with Gasteiger partial charge < -0.3 is 0 Å². The van der Waals surface area contributed by atoms with Gasteiger partial charge in [0.2, 0.25) is 0 Å². The zero-order valence-corrected chi connectivity index (χ0v) is 12.9. The SMILES string of the molecule is Brc1ccc(C=CC=Cc2ccc(Br)cc2)cc1. The highest BCUT2D eigenvalue weighted by Crippen LogP contribution is 2.13. The van der Waals surface area contributed by atoms with Gasteiger partial charge in [-0.1, -0.05) is 80.4 Å². The van der Waals surface area contributed by atoms with Gasteiger partial charge in [0.1, 0.15) is 0 Å². The van der Waals surface area contributed by atoms with Crippen LogP contribution in [-0.4, -0.2) is 0 Å². The quantitative estimate of drug-likeness (QED) is 0.592. The van der Waals surface area contributed by atoms with Gasteiger partial charge in [0.15, 0.2) is 0 Å². The molecule has 18 heavy (non-hydrogen) atoms. The Balaban J connectivity index is 1.98. The largest absolute Gasteiger partial charge is 0.0617 e. The van der Waals surface area contributed by atoms with Crippen LogP contribution in [0.5, 0.6) is 0 Å². The molecule has 0 atom stereocenters. The molecule has 0 fully saturated rings. The minimum absolute atomic E-state index is 1.10. The summed E-state index contributed by atoms with van der Waals surface area (Å²) in [7, 11) is 0. The summed E-state index contributed by atoms with van der Waals surface area (Å²) < 4.78 is 2.20. The van der Waals surface area contributed by atoms with Crippen LogP contribution in [0.3, 0.4) is 0 Å². The van der Waals surface area contributed by atoms with Crippen molar-refractivity contribution in [1.82, 2.24) is 0 Å². The molecular formula is C16H12Br2. The van der Waals surface area contributed by atoms with Crippen molar-refractivity contribution in [3.05, 3.63) is 80.8 Å². The Morgan fingerprint density at radius 2 is 0.889 bits per heavy atom. The summed E-state index contributed by atoms with van der Waals surface area (Å²) >= 11 is 6.84. The highest BCUT2D eigenvalue weighted by Gasteiger charge is 1.87. The fourth-order valence-electron chi connectivity index (χ4n) is 1.48. The van der Waals surface area contributed by atoms with E-state index in [2.05, 4.69) is 68.3 Å². The zero-order valence-electron chi connectivity index (χ0n) is 9.68. The molecule has 0 saturated heterocycles. The smallest absolute Gasteiger partial charge is 0.0175 e. The molecule has 2 aromatic carbocycles. The van der Waals surface area contributed by atoms with E-state index in [4.69, 9.17) is 0 Å². The van der Waals surface area contributed by atoms with Crippen molar-refractivity contribution in [2.75, 3.05) is 0 Å². The maximum Gasteiger partial charge on any atom is 0.0175 e. The third-order valence-corrected chi connectivity index (χ3v) is 3.49. The molecule has 0 saturated carbocycles. The van der Waals surface area contributed by atoms with Gasteiger partial charge in [-0.25, -0.2) is 0 Å². The Labute approximate surface area is 124 Å². The molecule has 0 radical (unpaired) electrons. The van der Waals surface area contributed by atoms with Crippen LogP contribution in [0.2, 0.25) is 0 Å². The maximum atomic E-state index is 3.42. The van der Waals surface area contributed by atoms with Crippen molar-refractivity contribution < 1.29 is 0 Å². The molecule has 0 aliphatic carbocycles. The van der Waals surface area contributed by atoms with Gasteiger partial charge >= 0.3 is 0 Å². The second-order valence-corrected chi connectivity index (χ2v) is 5.65. The molecule has 0 nitrogen and oxygen atoms in total. The standard InChI is InChI=1S/C16H12Br2/c17-15-9-5-13(6-10-15)3-1-2-4-14-7-11-16(18)12-8-14/h1-12H. The molecule has 2 aromatic rings. The number of halogens is 2. The summed E-state index contributed by atoms with van der Waals surface area (Å²) in [5, 5.41) is 0. The Bertz CT molecular complexity index is 495. The lowest BCUT2D eigenvalue weighted by Gasteiger charge is -1.93. The van der Waals surface area contributed by atoms with Gasteiger partial charge in [0.25, 0.3) is 0 Å². The predicted molar refractivity (Wildman–Crippen MR) is 86.4 cm³/mol. The highest BCUT2D eigenvalue weighted by molar-refractivity contribution is 9.10. The van der Waals surface area contributed by atoms with Gasteiger partial charge in [-0.05, 0) is 35.4 Å². The second-order valence-electron chi connectivity index (χ2n) is 3.82. The molecule has 0 aliphatic heterocycles. The van der Waals surface area contributed by atoms with Crippen molar-refractivity contribution in [3.8, 4) is 0 Å². The van der Waals surface area contributed by atoms with Crippen molar-refractivity contribution in [3.63, 3.8) is 0 Å². The molecule has 0 unspecified atom stereocenters. The molecule has 0 bridgehead atoms. The van der Waals surface area contributed by atoms with Gasteiger partial charge in [-0.3, -0.25) is 0 Å². The number of hydrogen-bond acceptors (Lipinski definition) is 0. The van der Waals surface area contributed by atoms with Crippen molar-refractivity contribution in [1.29, 1.82) is 0 Å². The minimum Gasteiger partial charge on any atom is -0.0617 e. The first-order valence-electron chi connectivity index (χ1n) is 5.60. The van der Waals surface area contributed by atoms with E-state index in [1.165, 1.54) is 11.1 Å². The van der Waals surface area contributed by atoms with E-state index in [0.29, 0.717) is 0 Å². The Morgan fingerprint density at radius 3 is 1.22 bits per heavy atom. The highest BCUT2D eigenvalue weighted by atomic mass is 79.9. The third kappa shape index (κ3) is 4.28. The normalized spacial score (nSPS) is 11.4. The monoisotopic (exact) mass is 362 g/mol. The summed E-state index contributed by atoms with van der Waals surface area (Å²) in [5.41, 5.74) is 2.39. The van der Waals surface area contributed by atoms with Crippen LogP contribution in [-0.2, 0) is 0 Å². The van der Waals surface area contributed by atoms with E-state index in [-0.39, 0.29) is 0 Å². The molecule has 0 aliphatic rings. The summed E-state index contributed by atoms with van der Waals surface area (Å²) in [6, 6.07) is 16.5. The number of benzene rings is 2. The fraction of sp³-hybridized carbons (Fsp3) is 0. The molecule has 0 spiro atoms. The summed E-state index contributed by atoms with van der Waals surface area (Å²) in [4.78, 5) is 0. The number of hydrogen-bond donors (Lipinski definition) is 0. The van der Waals surface area contributed by atoms with Crippen LogP contribution in [0.4, 0.5) is 0 Å². The van der Waals surface area contributed by atoms with E-state index in [0.717, 1.165) is 8.95 Å². The van der Waals surface area contributed by atoms with Crippen LogP contribution in [0.25, 0.3) is 12.2 Å². The van der Waals surface area contributed by atoms with E-state index in [1.54, 1.807) is 0 Å². The first kappa shape index (κ1) is 13.3. The van der Waals surface area contributed by atoms with Crippen LogP contribution < -0.4 is 0 Å². The van der Waals surface area contributed by atoms with E-state index < -0.39 is 0 Å². The van der Waals surface area contributed by atoms with Crippen LogP contribution >= 0.6 is 31.9 Å². The average Bonchev–Trinajstić information content (AvgIpc) is 2.39. The lowest BCUT2D eigenvalue weighted by atomic mass is 10.2. The Morgan fingerprint density at radius 1 is 0.556 bits per heavy atom. The summed E-state index contributed by atoms with van der Waals surface area (Å²) in [6.45, 7) is 0. The van der Waals surface area contributed by atoms with E-state index in [1.807, 2.05) is 36.4 Å². The summed E-state index contributed by atoms with van der Waals surface area (Å²) in [6.07, 6.45) is 8.26. The number of allylic oxidation sites excluding steroid dienone is 2. The predicted octanol–water partition coefficient (Wildman–Crippen LogP) is 5.94. The fourth-order valence-corrected chi connectivity index (χ4v) is 2.01. The van der Waals surface area contributed by atoms with E-state index in [9.17, 15) is 0 Å². The molecule has 2 heteroatoms. The second kappa shape index (κ2) is 6.72.